The lowest BCUT2D eigenvalue weighted by atomic mass is 9.95. The second-order valence-corrected chi connectivity index (χ2v) is 10.9. The number of rotatable bonds is 10. The summed E-state index contributed by atoms with van der Waals surface area (Å²) < 4.78 is 23.6. The number of halogens is 2. The molecule has 11 nitrogen and oxygen atoms in total. The van der Waals surface area contributed by atoms with Crippen LogP contribution < -0.4 is 30.3 Å². The first-order chi connectivity index (χ1) is 18.5. The highest BCUT2D eigenvalue weighted by atomic mass is 127. The molecular formula is C26H28I2N4O7. The number of hydrogen-bond acceptors (Lipinski definition) is 8. The van der Waals surface area contributed by atoms with Crippen LogP contribution in [0.1, 0.15) is 37.9 Å². The van der Waals surface area contributed by atoms with Crippen LogP contribution >= 0.6 is 45.2 Å². The standard InChI is InChI=1S/C26H28I2N4O7/c1-13(2)39-24-17(27)8-15(9-18(24)28)11-29-32-21(33)12-38-19-7-6-16(10-20(19)36-4)23-22(25(34)37-5)14(3)30-26(35)31-23/h6-11,13,23H,12H2,1-5H3,(H,32,33)(H2,30,31,35)/b29-11-/t23-/m0/s1. The van der Waals surface area contributed by atoms with E-state index >= 15 is 0 Å². The number of hydrazone groups is 1. The smallest absolute Gasteiger partial charge is 0.337 e. The summed E-state index contributed by atoms with van der Waals surface area (Å²) in [6.07, 6.45) is 1.60. The zero-order valence-corrected chi connectivity index (χ0v) is 26.2. The third-order valence-electron chi connectivity index (χ3n) is 5.33. The molecule has 0 radical (unpaired) electrons. The van der Waals surface area contributed by atoms with E-state index in [0.29, 0.717) is 22.8 Å². The lowest BCUT2D eigenvalue weighted by molar-refractivity contribution is -0.136. The van der Waals surface area contributed by atoms with Crippen molar-refractivity contribution in [1.82, 2.24) is 16.1 Å². The molecule has 3 N–H and O–H groups in total. The van der Waals surface area contributed by atoms with Gasteiger partial charge in [0.05, 0.1) is 45.3 Å². The van der Waals surface area contributed by atoms with Gasteiger partial charge in [0.15, 0.2) is 18.1 Å². The first-order valence-corrected chi connectivity index (χ1v) is 13.8. The molecule has 0 fully saturated rings. The van der Waals surface area contributed by atoms with Gasteiger partial charge in [0.25, 0.3) is 5.91 Å². The number of amides is 3. The predicted octanol–water partition coefficient (Wildman–Crippen LogP) is 4.02. The van der Waals surface area contributed by atoms with Crippen LogP contribution in [0.3, 0.4) is 0 Å². The number of nitrogens with zero attached hydrogens (tertiary/aromatic N) is 1. The molecule has 0 saturated carbocycles. The van der Waals surface area contributed by atoms with Crippen LogP contribution in [0.15, 0.2) is 46.7 Å². The van der Waals surface area contributed by atoms with Crippen molar-refractivity contribution in [2.75, 3.05) is 20.8 Å². The Labute approximate surface area is 253 Å². The van der Waals surface area contributed by atoms with E-state index in [1.165, 1.54) is 14.2 Å². The van der Waals surface area contributed by atoms with E-state index in [1.54, 1.807) is 31.3 Å². The van der Waals surface area contributed by atoms with Crippen molar-refractivity contribution in [2.45, 2.75) is 32.9 Å². The molecule has 1 atom stereocenters. The van der Waals surface area contributed by atoms with Crippen LogP contribution in [0, 0.1) is 7.14 Å². The summed E-state index contributed by atoms with van der Waals surface area (Å²) in [5, 5.41) is 9.29. The second kappa shape index (κ2) is 13.8. The van der Waals surface area contributed by atoms with Gasteiger partial charge in [-0.2, -0.15) is 5.10 Å². The molecule has 0 unspecified atom stereocenters. The highest BCUT2D eigenvalue weighted by molar-refractivity contribution is 14.1. The molecule has 0 saturated heterocycles. The quantitative estimate of drug-likeness (QED) is 0.144. The maximum atomic E-state index is 12.3. The normalized spacial score (nSPS) is 15.1. The summed E-state index contributed by atoms with van der Waals surface area (Å²) in [4.78, 5) is 36.7. The SMILES string of the molecule is COC(=O)C1=C(C)NC(=O)N[C@H]1c1ccc(OCC(=O)N/N=C\c2cc(I)c(OC(C)C)c(I)c2)c(OC)c1. The average Bonchev–Trinajstić information content (AvgIpc) is 2.88. The molecule has 0 bridgehead atoms. The van der Waals surface area contributed by atoms with Crippen molar-refractivity contribution in [3.05, 3.63) is 59.9 Å². The highest BCUT2D eigenvalue weighted by Crippen LogP contribution is 2.34. The molecule has 1 aliphatic rings. The minimum Gasteiger partial charge on any atom is -0.493 e. The molecule has 208 valence electrons. The van der Waals surface area contributed by atoms with Gasteiger partial charge in [-0.1, -0.05) is 6.07 Å². The molecule has 3 amide bonds. The van der Waals surface area contributed by atoms with Crippen molar-refractivity contribution in [3.63, 3.8) is 0 Å². The van der Waals surface area contributed by atoms with Gasteiger partial charge in [0, 0.05) is 5.70 Å². The fourth-order valence-corrected chi connectivity index (χ4v) is 5.73. The molecule has 0 aliphatic carbocycles. The molecule has 1 aliphatic heterocycles. The van der Waals surface area contributed by atoms with Gasteiger partial charge in [-0.3, -0.25) is 4.79 Å². The number of benzene rings is 2. The van der Waals surface area contributed by atoms with Gasteiger partial charge < -0.3 is 29.6 Å². The topological polar surface area (TPSA) is 137 Å². The van der Waals surface area contributed by atoms with Crippen molar-refractivity contribution in [2.24, 2.45) is 5.10 Å². The number of carbonyl (C=O) groups excluding carboxylic acids is 3. The summed E-state index contributed by atoms with van der Waals surface area (Å²) in [7, 11) is 2.71. The number of allylic oxidation sites excluding steroid dienone is 1. The fraction of sp³-hybridized carbons (Fsp3) is 0.308. The molecule has 3 rings (SSSR count). The minimum atomic E-state index is -0.760. The lowest BCUT2D eigenvalue weighted by Crippen LogP contribution is -2.45. The van der Waals surface area contributed by atoms with E-state index in [2.05, 4.69) is 66.3 Å². The van der Waals surface area contributed by atoms with Gasteiger partial charge in [-0.15, -0.1) is 0 Å². The van der Waals surface area contributed by atoms with E-state index in [1.807, 2.05) is 26.0 Å². The Morgan fingerprint density at radius 2 is 1.82 bits per heavy atom. The van der Waals surface area contributed by atoms with Crippen molar-refractivity contribution < 1.29 is 33.3 Å². The highest BCUT2D eigenvalue weighted by Gasteiger charge is 2.32. The van der Waals surface area contributed by atoms with Crippen molar-refractivity contribution >= 4 is 69.3 Å². The zero-order valence-electron chi connectivity index (χ0n) is 21.9. The van der Waals surface area contributed by atoms with Crippen molar-refractivity contribution in [1.29, 1.82) is 0 Å². The van der Waals surface area contributed by atoms with Crippen LogP contribution in [0.5, 0.6) is 17.2 Å². The average molecular weight is 762 g/mol. The third-order valence-corrected chi connectivity index (χ3v) is 6.93. The monoisotopic (exact) mass is 762 g/mol. The van der Waals surface area contributed by atoms with E-state index in [-0.39, 0.29) is 18.3 Å². The Morgan fingerprint density at radius 3 is 2.44 bits per heavy atom. The number of urea groups is 1. The van der Waals surface area contributed by atoms with Gasteiger partial charge >= 0.3 is 12.0 Å². The molecule has 39 heavy (non-hydrogen) atoms. The van der Waals surface area contributed by atoms with E-state index in [0.717, 1.165) is 18.5 Å². The third kappa shape index (κ3) is 7.97. The van der Waals surface area contributed by atoms with E-state index in [9.17, 15) is 14.4 Å². The maximum absolute atomic E-state index is 12.3. The first-order valence-electron chi connectivity index (χ1n) is 11.7. The summed E-state index contributed by atoms with van der Waals surface area (Å²) >= 11 is 4.40. The largest absolute Gasteiger partial charge is 0.493 e. The first kappa shape index (κ1) is 30.5. The zero-order chi connectivity index (χ0) is 28.7. The van der Waals surface area contributed by atoms with Gasteiger partial charge in [0.2, 0.25) is 0 Å². The predicted molar refractivity (Wildman–Crippen MR) is 161 cm³/mol. The van der Waals surface area contributed by atoms with Crippen LogP contribution in [-0.4, -0.2) is 51.1 Å². The van der Waals surface area contributed by atoms with Crippen LogP contribution in [-0.2, 0) is 14.3 Å². The molecule has 2 aromatic rings. The molecule has 0 aromatic heterocycles. The second-order valence-electron chi connectivity index (χ2n) is 8.53. The van der Waals surface area contributed by atoms with Crippen molar-refractivity contribution in [3.8, 4) is 17.2 Å². The van der Waals surface area contributed by atoms with Crippen LogP contribution in [0.4, 0.5) is 4.79 Å². The Morgan fingerprint density at radius 1 is 1.13 bits per heavy atom. The number of esters is 1. The van der Waals surface area contributed by atoms with E-state index in [4.69, 9.17) is 18.9 Å². The summed E-state index contributed by atoms with van der Waals surface area (Å²) in [5.74, 6) is 0.373. The lowest BCUT2D eigenvalue weighted by Gasteiger charge is -2.28. The van der Waals surface area contributed by atoms with Gasteiger partial charge in [-0.05, 0) is 101 Å². The van der Waals surface area contributed by atoms with E-state index < -0.39 is 23.9 Å². The number of hydrogen-bond donors (Lipinski definition) is 3. The molecule has 2 aromatic carbocycles. The van der Waals surface area contributed by atoms with Crippen LogP contribution in [0.25, 0.3) is 0 Å². The number of ether oxygens (including phenoxy) is 4. The molecular weight excluding hydrogens is 734 g/mol. The molecule has 13 heteroatoms. The summed E-state index contributed by atoms with van der Waals surface area (Å²) in [5.41, 5.74) is 4.46. The fourth-order valence-electron chi connectivity index (χ4n) is 3.66. The van der Waals surface area contributed by atoms with Crippen LogP contribution in [0.2, 0.25) is 0 Å². The number of carbonyl (C=O) groups is 3. The maximum Gasteiger partial charge on any atom is 0.337 e. The Hall–Kier alpha value is -3.08. The summed E-state index contributed by atoms with van der Waals surface area (Å²) in [6, 6.07) is 7.48. The minimum absolute atomic E-state index is 0.0597. The Kier molecular flexibility index (Phi) is 10.8. The number of nitrogens with one attached hydrogen (secondary N) is 3. The Balaban J connectivity index is 1.66. The Bertz CT molecular complexity index is 1300. The number of methoxy groups -OCH3 is 2. The summed E-state index contributed by atoms with van der Waals surface area (Å²) in [6.45, 7) is 5.23. The molecule has 0 spiro atoms. The van der Waals surface area contributed by atoms with Gasteiger partial charge in [0.1, 0.15) is 5.75 Å². The molecule has 1 heterocycles. The van der Waals surface area contributed by atoms with Gasteiger partial charge in [-0.25, -0.2) is 15.0 Å².